The highest BCUT2D eigenvalue weighted by atomic mass is 16.5. The first kappa shape index (κ1) is 16.2. The third-order valence-corrected chi connectivity index (χ3v) is 4.89. The minimum Gasteiger partial charge on any atom is -0.483 e. The lowest BCUT2D eigenvalue weighted by molar-refractivity contribution is -0.123. The number of nitrogens with zero attached hydrogens (tertiary/aromatic N) is 1. The van der Waals surface area contributed by atoms with E-state index >= 15 is 0 Å². The van der Waals surface area contributed by atoms with Crippen molar-refractivity contribution in [3.05, 3.63) is 41.2 Å². The smallest absolute Gasteiger partial charge is 0.290 e. The zero-order valence-corrected chi connectivity index (χ0v) is 13.3. The maximum absolute atomic E-state index is 11.6. The topological polar surface area (TPSA) is 103 Å². The van der Waals surface area contributed by atoms with E-state index in [4.69, 9.17) is 20.4 Å². The minimum atomic E-state index is -0.328. The monoisotopic (exact) mass is 328 g/mol. The quantitative estimate of drug-likeness (QED) is 0.771. The molecular weight excluding hydrogens is 308 g/mol. The van der Waals surface area contributed by atoms with Crippen LogP contribution in [0.3, 0.4) is 0 Å². The van der Waals surface area contributed by atoms with Crippen molar-refractivity contribution in [2.24, 2.45) is 5.73 Å². The third kappa shape index (κ3) is 2.68. The highest BCUT2D eigenvalue weighted by Gasteiger charge is 2.44. The van der Waals surface area contributed by atoms with Crippen LogP contribution < -0.4 is 10.5 Å². The van der Waals surface area contributed by atoms with Crippen molar-refractivity contribution in [2.45, 2.75) is 44.1 Å². The molecule has 4 rings (SSSR count). The summed E-state index contributed by atoms with van der Waals surface area (Å²) in [7, 11) is 0. The molecular formula is C18H20N2O4. The molecule has 0 aromatic carbocycles. The Hall–Kier alpha value is -2.63. The molecule has 0 radical (unpaired) electrons. The number of fused-ring (bicyclic) bond motifs is 3. The van der Waals surface area contributed by atoms with E-state index < -0.39 is 0 Å². The first-order chi connectivity index (χ1) is 11.6. The number of carbonyl (C=O) groups excluding carboxylic acids is 1. The standard InChI is InChI=1S/C17H18N2O2.CH2O2/c18-16(20)11-8-13-12-4-7-19-10-15(12)21-17(14(13)9-11)5-2-1-3-6-17;2-1-3/h4,7,9-10H,1-3,5-6,8H2,(H2,18,20);1H,(H,2,3). The van der Waals surface area contributed by atoms with Gasteiger partial charge in [-0.15, -0.1) is 0 Å². The second kappa shape index (κ2) is 6.47. The van der Waals surface area contributed by atoms with E-state index in [-0.39, 0.29) is 18.0 Å². The fourth-order valence-electron chi connectivity index (χ4n) is 3.87. The number of primary amides is 1. The molecule has 3 aliphatic rings. The van der Waals surface area contributed by atoms with Crippen LogP contribution in [-0.2, 0) is 9.59 Å². The first-order valence-electron chi connectivity index (χ1n) is 8.06. The number of hydrogen-bond donors (Lipinski definition) is 2. The Bertz CT molecular complexity index is 730. The number of carboxylic acid groups (broad SMARTS) is 1. The van der Waals surface area contributed by atoms with Gasteiger partial charge in [0, 0.05) is 29.3 Å². The molecule has 1 aliphatic heterocycles. The number of amides is 1. The van der Waals surface area contributed by atoms with Crippen LogP contribution >= 0.6 is 0 Å². The van der Waals surface area contributed by atoms with Gasteiger partial charge in [-0.25, -0.2) is 0 Å². The first-order valence-corrected chi connectivity index (χ1v) is 8.06. The molecule has 1 spiro atoms. The summed E-state index contributed by atoms with van der Waals surface area (Å²) in [5, 5.41) is 6.89. The lowest BCUT2D eigenvalue weighted by Gasteiger charge is -2.42. The Labute approximate surface area is 140 Å². The van der Waals surface area contributed by atoms with Gasteiger partial charge in [-0.3, -0.25) is 14.6 Å². The van der Waals surface area contributed by atoms with Gasteiger partial charge in [-0.05, 0) is 43.4 Å². The average molecular weight is 328 g/mol. The molecule has 1 saturated carbocycles. The summed E-state index contributed by atoms with van der Waals surface area (Å²) in [5.41, 5.74) is 9.36. The van der Waals surface area contributed by atoms with Crippen molar-refractivity contribution in [1.82, 2.24) is 4.98 Å². The number of rotatable bonds is 1. The zero-order valence-electron chi connectivity index (χ0n) is 13.3. The van der Waals surface area contributed by atoms with Crippen LogP contribution in [0.2, 0.25) is 0 Å². The van der Waals surface area contributed by atoms with E-state index in [0.717, 1.165) is 37.0 Å². The number of aromatic nitrogens is 1. The van der Waals surface area contributed by atoms with Crippen LogP contribution in [0.25, 0.3) is 5.57 Å². The van der Waals surface area contributed by atoms with Crippen LogP contribution in [0.1, 0.15) is 44.1 Å². The Morgan fingerprint density at radius 3 is 2.71 bits per heavy atom. The van der Waals surface area contributed by atoms with Crippen LogP contribution in [0.15, 0.2) is 35.7 Å². The predicted octanol–water partition coefficient (Wildman–Crippen LogP) is 2.45. The van der Waals surface area contributed by atoms with E-state index in [1.54, 1.807) is 12.4 Å². The van der Waals surface area contributed by atoms with Crippen molar-refractivity contribution in [2.75, 3.05) is 0 Å². The molecule has 0 saturated heterocycles. The molecule has 0 unspecified atom stereocenters. The van der Waals surface area contributed by atoms with E-state index in [9.17, 15) is 4.79 Å². The van der Waals surface area contributed by atoms with Crippen molar-refractivity contribution in [3.63, 3.8) is 0 Å². The van der Waals surface area contributed by atoms with Gasteiger partial charge in [0.15, 0.2) is 0 Å². The van der Waals surface area contributed by atoms with Gasteiger partial charge in [0.2, 0.25) is 5.91 Å². The van der Waals surface area contributed by atoms with Crippen LogP contribution in [-0.4, -0.2) is 28.1 Å². The van der Waals surface area contributed by atoms with Crippen molar-refractivity contribution in [3.8, 4) is 5.75 Å². The summed E-state index contributed by atoms with van der Waals surface area (Å²) in [4.78, 5) is 24.2. The second-order valence-electron chi connectivity index (χ2n) is 6.24. The third-order valence-electron chi connectivity index (χ3n) is 4.89. The lowest BCUT2D eigenvalue weighted by Crippen LogP contribution is -2.42. The van der Waals surface area contributed by atoms with Gasteiger partial charge >= 0.3 is 0 Å². The number of nitrogens with two attached hydrogens (primary N) is 1. The summed E-state index contributed by atoms with van der Waals surface area (Å²) in [5.74, 6) is 0.517. The predicted molar refractivity (Wildman–Crippen MR) is 88.2 cm³/mol. The Balaban J connectivity index is 0.000000526. The number of hydrogen-bond acceptors (Lipinski definition) is 4. The Kier molecular flexibility index (Phi) is 4.38. The van der Waals surface area contributed by atoms with Gasteiger partial charge in [0.1, 0.15) is 11.4 Å². The molecule has 1 aromatic rings. The fraction of sp³-hybridized carbons (Fsp3) is 0.389. The molecule has 24 heavy (non-hydrogen) atoms. The number of carbonyl (C=O) groups is 2. The largest absolute Gasteiger partial charge is 0.483 e. The van der Waals surface area contributed by atoms with E-state index in [2.05, 4.69) is 4.98 Å². The van der Waals surface area contributed by atoms with E-state index in [0.29, 0.717) is 12.0 Å². The van der Waals surface area contributed by atoms with Crippen molar-refractivity contribution in [1.29, 1.82) is 0 Å². The summed E-state index contributed by atoms with van der Waals surface area (Å²) in [6.07, 6.45) is 11.7. The van der Waals surface area contributed by atoms with Crippen LogP contribution in [0, 0.1) is 0 Å². The highest BCUT2D eigenvalue weighted by Crippen LogP contribution is 2.51. The Morgan fingerprint density at radius 1 is 1.33 bits per heavy atom. The summed E-state index contributed by atoms with van der Waals surface area (Å²) in [6, 6.07) is 1.97. The van der Waals surface area contributed by atoms with Gasteiger partial charge in [-0.1, -0.05) is 6.42 Å². The number of ether oxygens (including phenoxy) is 1. The highest BCUT2D eigenvalue weighted by molar-refractivity contribution is 5.99. The fourth-order valence-corrected chi connectivity index (χ4v) is 3.87. The molecule has 6 heteroatoms. The molecule has 1 amide bonds. The zero-order chi connectivity index (χ0) is 17.2. The maximum Gasteiger partial charge on any atom is 0.290 e. The van der Waals surface area contributed by atoms with Crippen molar-refractivity contribution < 1.29 is 19.4 Å². The molecule has 2 heterocycles. The molecule has 3 N–H and O–H groups in total. The normalized spacial score (nSPS) is 20.1. The van der Waals surface area contributed by atoms with Gasteiger partial charge in [-0.2, -0.15) is 0 Å². The van der Waals surface area contributed by atoms with Crippen LogP contribution in [0.5, 0.6) is 5.75 Å². The molecule has 2 aliphatic carbocycles. The molecule has 6 nitrogen and oxygen atoms in total. The van der Waals surface area contributed by atoms with Gasteiger partial charge < -0.3 is 15.6 Å². The van der Waals surface area contributed by atoms with Gasteiger partial charge in [0.25, 0.3) is 6.47 Å². The lowest BCUT2D eigenvalue weighted by atomic mass is 9.76. The molecule has 126 valence electrons. The maximum atomic E-state index is 11.6. The SMILES string of the molecule is NC(=O)C1=CC2=C(C1)c1ccncc1OC21CCCCC1.O=CO. The second-order valence-corrected chi connectivity index (χ2v) is 6.24. The summed E-state index contributed by atoms with van der Waals surface area (Å²) >= 11 is 0. The van der Waals surface area contributed by atoms with Crippen molar-refractivity contribution >= 4 is 18.0 Å². The molecule has 1 fully saturated rings. The number of pyridine rings is 1. The average Bonchev–Trinajstić information content (AvgIpc) is 3.04. The minimum absolute atomic E-state index is 0.250. The van der Waals surface area contributed by atoms with Crippen LogP contribution in [0.4, 0.5) is 0 Å². The summed E-state index contributed by atoms with van der Waals surface area (Å²) in [6.45, 7) is -0.250. The van der Waals surface area contributed by atoms with Gasteiger partial charge in [0.05, 0.1) is 6.20 Å². The van der Waals surface area contributed by atoms with E-state index in [1.165, 1.54) is 17.6 Å². The molecule has 0 atom stereocenters. The Morgan fingerprint density at radius 2 is 2.04 bits per heavy atom. The molecule has 0 bridgehead atoms. The molecule has 1 aromatic heterocycles. The number of allylic oxidation sites excluding steroid dienone is 1. The van der Waals surface area contributed by atoms with E-state index in [1.807, 2.05) is 12.1 Å². The summed E-state index contributed by atoms with van der Waals surface area (Å²) < 4.78 is 6.39.